The number of hydrogen-bond acceptors (Lipinski definition) is 7. The van der Waals surface area contributed by atoms with Gasteiger partial charge in [-0.05, 0) is 49.9 Å². The second-order valence-electron chi connectivity index (χ2n) is 6.59. The smallest absolute Gasteiger partial charge is 0.332 e. The van der Waals surface area contributed by atoms with Crippen molar-refractivity contribution in [3.05, 3.63) is 40.1 Å². The number of ether oxygens (including phenoxy) is 1. The number of rotatable bonds is 5. The van der Waals surface area contributed by atoms with Crippen molar-refractivity contribution in [1.29, 1.82) is 0 Å². The summed E-state index contributed by atoms with van der Waals surface area (Å²) in [6, 6.07) is 7.16. The fourth-order valence-corrected chi connectivity index (χ4v) is 3.02. The molecule has 138 valence electrons. The summed E-state index contributed by atoms with van der Waals surface area (Å²) >= 11 is 0. The molecule has 0 amide bonds. The topological polar surface area (TPSA) is 93.4 Å². The third-order valence-electron chi connectivity index (χ3n) is 4.65. The fraction of sp³-hybridized carbons (Fsp3) is 0.444. The van der Waals surface area contributed by atoms with Gasteiger partial charge in [-0.25, -0.2) is 4.98 Å². The zero-order valence-electron chi connectivity index (χ0n) is 15.2. The van der Waals surface area contributed by atoms with Crippen LogP contribution in [0.4, 0.5) is 23.1 Å². The third kappa shape index (κ3) is 3.84. The molecule has 0 atom stereocenters. The zero-order chi connectivity index (χ0) is 18.7. The third-order valence-corrected chi connectivity index (χ3v) is 4.65. The van der Waals surface area contributed by atoms with E-state index in [2.05, 4.69) is 27.1 Å². The van der Waals surface area contributed by atoms with E-state index in [0.29, 0.717) is 29.0 Å². The van der Waals surface area contributed by atoms with Crippen LogP contribution < -0.4 is 15.0 Å². The molecule has 0 saturated carbocycles. The molecule has 0 bridgehead atoms. The predicted octanol–water partition coefficient (Wildman–Crippen LogP) is 3.68. The minimum atomic E-state index is -0.441. The van der Waals surface area contributed by atoms with Crippen molar-refractivity contribution < 1.29 is 9.66 Å². The lowest BCUT2D eigenvalue weighted by molar-refractivity contribution is -0.385. The number of nitro groups is 1. The Hall–Kier alpha value is -2.90. The molecule has 1 saturated heterocycles. The van der Waals surface area contributed by atoms with E-state index >= 15 is 0 Å². The van der Waals surface area contributed by atoms with Gasteiger partial charge in [0.05, 0.1) is 12.0 Å². The van der Waals surface area contributed by atoms with Gasteiger partial charge in [0.25, 0.3) is 0 Å². The highest BCUT2D eigenvalue weighted by atomic mass is 16.6. The van der Waals surface area contributed by atoms with Crippen LogP contribution in [0.3, 0.4) is 0 Å². The minimum Gasteiger partial charge on any atom is -0.497 e. The summed E-state index contributed by atoms with van der Waals surface area (Å²) in [7, 11) is 1.59. The van der Waals surface area contributed by atoms with Gasteiger partial charge in [0.2, 0.25) is 11.8 Å². The molecule has 0 spiro atoms. The van der Waals surface area contributed by atoms with Crippen LogP contribution >= 0.6 is 0 Å². The Bertz CT molecular complexity index is 786. The SMILES string of the molecule is COc1ccc(Nc2nc(N3CCC(C)CC3)nc(C)c2[N+](=O)[O-])cc1. The van der Waals surface area contributed by atoms with E-state index in [9.17, 15) is 10.1 Å². The molecule has 8 heteroatoms. The van der Waals surface area contributed by atoms with Crippen molar-refractivity contribution in [1.82, 2.24) is 9.97 Å². The number of aromatic nitrogens is 2. The molecule has 2 heterocycles. The molecular formula is C18H23N5O3. The van der Waals surface area contributed by atoms with Crippen molar-refractivity contribution >= 4 is 23.1 Å². The molecule has 26 heavy (non-hydrogen) atoms. The molecule has 1 fully saturated rings. The lowest BCUT2D eigenvalue weighted by atomic mass is 10.00. The van der Waals surface area contributed by atoms with E-state index in [1.807, 2.05) is 0 Å². The van der Waals surface area contributed by atoms with Gasteiger partial charge >= 0.3 is 5.69 Å². The largest absolute Gasteiger partial charge is 0.497 e. The first kappa shape index (κ1) is 17.9. The number of nitrogens with zero attached hydrogens (tertiary/aromatic N) is 4. The molecule has 0 unspecified atom stereocenters. The first-order valence-electron chi connectivity index (χ1n) is 8.67. The summed E-state index contributed by atoms with van der Waals surface area (Å²) in [6.45, 7) is 5.60. The average molecular weight is 357 g/mol. The number of nitrogens with one attached hydrogen (secondary N) is 1. The Labute approximate surface area is 152 Å². The standard InChI is InChI=1S/C18H23N5O3/c1-12-8-10-22(11-9-12)18-19-13(2)16(23(24)25)17(21-18)20-14-4-6-15(26-3)7-5-14/h4-7,12H,8-11H2,1-3H3,(H,19,20,21). The Balaban J connectivity index is 1.93. The summed E-state index contributed by atoms with van der Waals surface area (Å²) in [5, 5.41) is 14.6. The van der Waals surface area contributed by atoms with Crippen molar-refractivity contribution in [3.63, 3.8) is 0 Å². The van der Waals surface area contributed by atoms with E-state index in [0.717, 1.165) is 25.9 Å². The quantitative estimate of drug-likeness (QED) is 0.644. The van der Waals surface area contributed by atoms with Crippen LogP contribution in [-0.4, -0.2) is 35.1 Å². The predicted molar refractivity (Wildman–Crippen MR) is 100 cm³/mol. The Morgan fingerprint density at radius 2 is 1.88 bits per heavy atom. The molecule has 1 aliphatic heterocycles. The molecule has 8 nitrogen and oxygen atoms in total. The number of benzene rings is 1. The molecule has 1 aromatic carbocycles. The first-order valence-corrected chi connectivity index (χ1v) is 8.67. The van der Waals surface area contributed by atoms with Crippen LogP contribution in [0.2, 0.25) is 0 Å². The normalized spacial score (nSPS) is 15.0. The van der Waals surface area contributed by atoms with E-state index in [-0.39, 0.29) is 11.5 Å². The van der Waals surface area contributed by atoms with Gasteiger partial charge in [-0.1, -0.05) is 6.92 Å². The second kappa shape index (κ2) is 7.55. The molecule has 0 radical (unpaired) electrons. The lowest BCUT2D eigenvalue weighted by Crippen LogP contribution is -2.34. The van der Waals surface area contributed by atoms with Crippen LogP contribution in [0.25, 0.3) is 0 Å². The van der Waals surface area contributed by atoms with Crippen LogP contribution in [-0.2, 0) is 0 Å². The lowest BCUT2D eigenvalue weighted by Gasteiger charge is -2.30. The molecule has 3 rings (SSSR count). The van der Waals surface area contributed by atoms with Gasteiger partial charge in [0, 0.05) is 18.8 Å². The van der Waals surface area contributed by atoms with Gasteiger partial charge in [0.15, 0.2) is 0 Å². The monoisotopic (exact) mass is 357 g/mol. The van der Waals surface area contributed by atoms with E-state index in [4.69, 9.17) is 4.74 Å². The number of hydrogen-bond donors (Lipinski definition) is 1. The zero-order valence-corrected chi connectivity index (χ0v) is 15.2. The van der Waals surface area contributed by atoms with Crippen LogP contribution in [0.15, 0.2) is 24.3 Å². The summed E-state index contributed by atoms with van der Waals surface area (Å²) in [4.78, 5) is 22.0. The van der Waals surface area contributed by atoms with E-state index < -0.39 is 4.92 Å². The molecule has 2 aromatic rings. The van der Waals surface area contributed by atoms with Gasteiger partial charge in [-0.2, -0.15) is 4.98 Å². The summed E-state index contributed by atoms with van der Waals surface area (Å²) in [6.07, 6.45) is 2.14. The molecule has 1 N–H and O–H groups in total. The maximum atomic E-state index is 11.5. The molecule has 1 aliphatic rings. The van der Waals surface area contributed by atoms with Crippen molar-refractivity contribution in [3.8, 4) is 5.75 Å². The highest BCUT2D eigenvalue weighted by Crippen LogP contribution is 2.31. The Morgan fingerprint density at radius 3 is 2.46 bits per heavy atom. The molecule has 1 aromatic heterocycles. The fourth-order valence-electron chi connectivity index (χ4n) is 3.02. The Morgan fingerprint density at radius 1 is 1.23 bits per heavy atom. The summed E-state index contributed by atoms with van der Waals surface area (Å²) in [5.74, 6) is 2.15. The molecule has 0 aliphatic carbocycles. The van der Waals surface area contributed by atoms with Crippen molar-refractivity contribution in [2.45, 2.75) is 26.7 Å². The summed E-state index contributed by atoms with van der Waals surface area (Å²) in [5.41, 5.74) is 0.954. The second-order valence-corrected chi connectivity index (χ2v) is 6.59. The number of aryl methyl sites for hydroxylation is 1. The van der Waals surface area contributed by atoms with Gasteiger partial charge in [-0.3, -0.25) is 10.1 Å². The van der Waals surface area contributed by atoms with E-state index in [1.54, 1.807) is 38.3 Å². The maximum Gasteiger partial charge on any atom is 0.332 e. The summed E-state index contributed by atoms with van der Waals surface area (Å²) < 4.78 is 5.14. The number of anilines is 3. The van der Waals surface area contributed by atoms with Crippen LogP contribution in [0.1, 0.15) is 25.5 Å². The molecular weight excluding hydrogens is 334 g/mol. The first-order chi connectivity index (χ1) is 12.5. The van der Waals surface area contributed by atoms with Crippen molar-refractivity contribution in [2.75, 3.05) is 30.4 Å². The highest BCUT2D eigenvalue weighted by molar-refractivity contribution is 5.68. The van der Waals surface area contributed by atoms with Crippen LogP contribution in [0, 0.1) is 23.0 Å². The van der Waals surface area contributed by atoms with Gasteiger partial charge < -0.3 is 15.0 Å². The van der Waals surface area contributed by atoms with E-state index in [1.165, 1.54) is 0 Å². The van der Waals surface area contributed by atoms with Gasteiger partial charge in [0.1, 0.15) is 11.4 Å². The van der Waals surface area contributed by atoms with Crippen molar-refractivity contribution in [2.24, 2.45) is 5.92 Å². The Kier molecular flexibility index (Phi) is 5.20. The van der Waals surface area contributed by atoms with Crippen LogP contribution in [0.5, 0.6) is 5.75 Å². The highest BCUT2D eigenvalue weighted by Gasteiger charge is 2.25. The number of methoxy groups -OCH3 is 1. The maximum absolute atomic E-state index is 11.5. The minimum absolute atomic E-state index is 0.102. The van der Waals surface area contributed by atoms with Gasteiger partial charge in [-0.15, -0.1) is 0 Å². The number of piperidine rings is 1. The average Bonchev–Trinajstić information content (AvgIpc) is 2.62.